The van der Waals surface area contributed by atoms with Crippen LogP contribution in [-0.2, 0) is 60.6 Å². The fourth-order valence-corrected chi connectivity index (χ4v) is 11.6. The molecular formula is C56H92N4O15. The van der Waals surface area contributed by atoms with Crippen molar-refractivity contribution in [3.63, 3.8) is 0 Å². The summed E-state index contributed by atoms with van der Waals surface area (Å²) in [6.45, 7) is 17.9. The Kier molecular flexibility index (Phi) is 22.9. The number of carbonyl (C=O) groups excluding carboxylic acids is 3. The van der Waals surface area contributed by atoms with Crippen LogP contribution >= 0.6 is 0 Å². The van der Waals surface area contributed by atoms with Gasteiger partial charge in [0.15, 0.2) is 18.4 Å². The van der Waals surface area contributed by atoms with Crippen molar-refractivity contribution in [2.75, 3.05) is 27.9 Å². The number of benzene rings is 1. The maximum Gasteiger partial charge on any atom is 0.311 e. The van der Waals surface area contributed by atoms with Gasteiger partial charge < -0.3 is 58.7 Å². The van der Waals surface area contributed by atoms with Crippen molar-refractivity contribution in [2.24, 2.45) is 23.7 Å². The maximum atomic E-state index is 14.5. The molecule has 0 aliphatic carbocycles. The summed E-state index contributed by atoms with van der Waals surface area (Å²) in [5, 5.41) is 64.6. The average Bonchev–Trinajstić information content (AvgIpc) is 3.86. The van der Waals surface area contributed by atoms with Crippen molar-refractivity contribution in [3.8, 4) is 11.3 Å². The Bertz CT molecular complexity index is 2110. The number of hydrogen-bond acceptors (Lipinski definition) is 18. The van der Waals surface area contributed by atoms with Crippen LogP contribution in [0.5, 0.6) is 0 Å². The van der Waals surface area contributed by atoms with E-state index in [0.29, 0.717) is 19.4 Å². The predicted octanol–water partition coefficient (Wildman–Crippen LogP) is 5.56. The quantitative estimate of drug-likeness (QED) is 0.0758. The van der Waals surface area contributed by atoms with Crippen molar-refractivity contribution >= 4 is 17.5 Å². The van der Waals surface area contributed by atoms with Crippen molar-refractivity contribution in [3.05, 3.63) is 36.0 Å². The van der Waals surface area contributed by atoms with E-state index in [2.05, 4.69) is 15.2 Å². The Morgan fingerprint density at radius 3 is 2.12 bits per heavy atom. The van der Waals surface area contributed by atoms with Crippen molar-refractivity contribution in [1.82, 2.24) is 19.9 Å². The zero-order valence-electron chi connectivity index (χ0n) is 47.1. The van der Waals surface area contributed by atoms with Crippen molar-refractivity contribution in [1.29, 1.82) is 0 Å². The van der Waals surface area contributed by atoms with Gasteiger partial charge in [0.25, 0.3) is 0 Å². The van der Waals surface area contributed by atoms with E-state index in [1.54, 1.807) is 48.5 Å². The predicted molar refractivity (Wildman–Crippen MR) is 279 cm³/mol. The molecule has 0 amide bonds. The second-order valence-corrected chi connectivity index (χ2v) is 22.7. The van der Waals surface area contributed by atoms with Gasteiger partial charge in [-0.2, -0.15) is 0 Å². The van der Waals surface area contributed by atoms with Crippen LogP contribution in [-0.4, -0.2) is 175 Å². The van der Waals surface area contributed by atoms with Crippen LogP contribution in [0.15, 0.2) is 30.5 Å². The van der Waals surface area contributed by atoms with Gasteiger partial charge in [0.05, 0.1) is 53.8 Å². The first kappa shape index (κ1) is 62.5. The van der Waals surface area contributed by atoms with Gasteiger partial charge in [-0.1, -0.05) is 82.9 Å². The molecule has 5 N–H and O–H groups in total. The van der Waals surface area contributed by atoms with E-state index >= 15 is 0 Å². The molecule has 2 aromatic rings. The number of ether oxygens (including phenoxy) is 7. The van der Waals surface area contributed by atoms with Crippen molar-refractivity contribution < 1.29 is 73.1 Å². The van der Waals surface area contributed by atoms with Crippen LogP contribution in [0.3, 0.4) is 0 Å². The summed E-state index contributed by atoms with van der Waals surface area (Å²) in [4.78, 5) is 42.2. The molecule has 0 radical (unpaired) electrons. The first-order valence-electron chi connectivity index (χ1n) is 27.4. The number of carbonyl (C=O) groups is 3. The number of rotatable bonds is 21. The van der Waals surface area contributed by atoms with E-state index < -0.39 is 108 Å². The number of aliphatic hydroxyl groups is 5. The Labute approximate surface area is 445 Å². The Morgan fingerprint density at radius 2 is 1.49 bits per heavy atom. The molecule has 5 rings (SSSR count). The Hall–Kier alpha value is -3.31. The minimum absolute atomic E-state index is 0.0670. The molecule has 1 aromatic carbocycles. The van der Waals surface area contributed by atoms with Gasteiger partial charge >= 0.3 is 5.97 Å². The highest BCUT2D eigenvalue weighted by Crippen LogP contribution is 2.42. The van der Waals surface area contributed by atoms with E-state index in [4.69, 9.17) is 38.3 Å². The molecule has 0 unspecified atom stereocenters. The first-order chi connectivity index (χ1) is 35.3. The standard InChI is InChI=1S/C56H92N4O15/c1-14-44-56(10,68)49(65)35(4)46(63)33(2)28-55(9,70-13)51(36(5)48(37(6)52(67)73-44)74-45-29-54(8,69-12)50(66)38(7)72-45)75-53-47(64)43(27-34(3)71-53)59(11)30-39-22-24-40(25-23-39)42-31-60(58-57-42)26-20-18-16-15-17-19-21-41(62)32-61/h22-25,31,33-38,43-45,47-51,53,61,64-66,68H,14-21,26-30,32H2,1-13H3/t33-,34-,35+,36+,37-,38+,43+,44-,45+,47-,48+,49-,50+,51-,53+,54-,55-,56-/m1/s1. The van der Waals surface area contributed by atoms with Gasteiger partial charge in [-0.15, -0.1) is 5.10 Å². The number of cyclic esters (lactones) is 1. The summed E-state index contributed by atoms with van der Waals surface area (Å²) >= 11 is 0. The molecule has 19 heteroatoms. The molecular weight excluding hydrogens is 969 g/mol. The molecule has 3 aliphatic rings. The minimum Gasteiger partial charge on any atom is -0.459 e. The SMILES string of the molecule is CC[C@H]1OC(=O)[C@H](C)[C@@H](O[C@H]2C[C@@](C)(OC)[C@@H](O)[C@H](C)O2)[C@H](C)[C@@H](O[C@@H]2O[C@H](C)C[C@H](N(C)Cc3ccc(-c4cn(CCCCCCCCC(=O)CO)nn4)cc3)[C@H]2O)[C@](C)(OC)C[C@@H](C)C(=O)[C@H](C)[C@@H](O)[C@]1(C)O. The van der Waals surface area contributed by atoms with E-state index in [9.17, 15) is 34.8 Å². The van der Waals surface area contributed by atoms with E-state index in [1.807, 2.05) is 56.0 Å². The van der Waals surface area contributed by atoms with Gasteiger partial charge in [-0.25, -0.2) is 0 Å². The summed E-state index contributed by atoms with van der Waals surface area (Å²) in [6, 6.07) is 7.66. The lowest BCUT2D eigenvalue weighted by Crippen LogP contribution is -2.61. The zero-order valence-corrected chi connectivity index (χ0v) is 47.1. The number of methoxy groups -OCH3 is 2. The molecule has 0 spiro atoms. The molecule has 426 valence electrons. The Morgan fingerprint density at radius 1 is 0.853 bits per heavy atom. The number of ketones is 2. The normalized spacial score (nSPS) is 37.6. The lowest BCUT2D eigenvalue weighted by atomic mass is 9.74. The number of aliphatic hydroxyl groups excluding tert-OH is 4. The van der Waals surface area contributed by atoms with Gasteiger partial charge in [0.2, 0.25) is 0 Å². The smallest absolute Gasteiger partial charge is 0.311 e. The number of aromatic nitrogens is 3. The average molecular weight is 1060 g/mol. The molecule has 4 heterocycles. The highest BCUT2D eigenvalue weighted by Gasteiger charge is 2.54. The van der Waals surface area contributed by atoms with Crippen LogP contribution < -0.4 is 0 Å². The number of hydrogen-bond donors (Lipinski definition) is 5. The van der Waals surface area contributed by atoms with Crippen LogP contribution in [0.25, 0.3) is 11.3 Å². The summed E-state index contributed by atoms with van der Waals surface area (Å²) < 4.78 is 46.8. The highest BCUT2D eigenvalue weighted by atomic mass is 16.7. The first-order valence-corrected chi connectivity index (χ1v) is 27.4. The van der Waals surface area contributed by atoms with Crippen LogP contribution in [0.2, 0.25) is 0 Å². The van der Waals surface area contributed by atoms with Crippen LogP contribution in [0, 0.1) is 23.7 Å². The number of esters is 1. The molecule has 3 saturated heterocycles. The van der Waals surface area contributed by atoms with Gasteiger partial charge in [-0.3, -0.25) is 24.0 Å². The lowest BCUT2D eigenvalue weighted by molar-refractivity contribution is -0.319. The summed E-state index contributed by atoms with van der Waals surface area (Å²) in [6.07, 6.45) is -1.26. The summed E-state index contributed by atoms with van der Waals surface area (Å²) in [5.41, 5.74) is -1.70. The summed E-state index contributed by atoms with van der Waals surface area (Å²) in [5.74, 6) is -4.83. The monoisotopic (exact) mass is 1060 g/mol. The van der Waals surface area contributed by atoms with Gasteiger partial charge in [-0.05, 0) is 86.3 Å². The minimum atomic E-state index is -2.00. The number of Topliss-reactive ketones (excluding diaryl/α,β-unsaturated/α-hetero) is 2. The molecule has 3 aliphatic heterocycles. The van der Waals surface area contributed by atoms with Crippen LogP contribution in [0.1, 0.15) is 145 Å². The van der Waals surface area contributed by atoms with Gasteiger partial charge in [0.1, 0.15) is 42.0 Å². The lowest BCUT2D eigenvalue weighted by Gasteiger charge is -2.50. The number of likely N-dealkylation sites (N-methyl/N-ethyl adjacent to an activating group) is 1. The van der Waals surface area contributed by atoms with Gasteiger partial charge in [0, 0.05) is 69.5 Å². The third-order valence-electron chi connectivity index (χ3n) is 16.7. The largest absolute Gasteiger partial charge is 0.459 e. The van der Waals surface area contributed by atoms with E-state index in [0.717, 1.165) is 61.9 Å². The number of unbranched alkanes of at least 4 members (excludes halogenated alkanes) is 5. The van der Waals surface area contributed by atoms with Crippen LogP contribution in [0.4, 0.5) is 0 Å². The third kappa shape index (κ3) is 15.5. The molecule has 3 fully saturated rings. The van der Waals surface area contributed by atoms with E-state index in [1.165, 1.54) is 21.1 Å². The third-order valence-corrected chi connectivity index (χ3v) is 16.7. The molecule has 19 nitrogen and oxygen atoms in total. The molecule has 0 bridgehead atoms. The second-order valence-electron chi connectivity index (χ2n) is 22.7. The molecule has 75 heavy (non-hydrogen) atoms. The fraction of sp³-hybridized carbons (Fsp3) is 0.804. The molecule has 0 saturated carbocycles. The Balaban J connectivity index is 1.38. The highest BCUT2D eigenvalue weighted by molar-refractivity contribution is 5.83. The number of nitrogens with zero attached hydrogens (tertiary/aromatic N) is 4. The fourth-order valence-electron chi connectivity index (χ4n) is 11.6. The zero-order chi connectivity index (χ0) is 55.6. The maximum absolute atomic E-state index is 14.5. The molecule has 1 aromatic heterocycles. The number of aryl methyl sites for hydroxylation is 1. The topological polar surface area (TPSA) is 251 Å². The second kappa shape index (κ2) is 27.5. The molecule has 18 atom stereocenters. The van der Waals surface area contributed by atoms with Crippen molar-refractivity contribution in [2.45, 2.75) is 237 Å². The summed E-state index contributed by atoms with van der Waals surface area (Å²) in [7, 11) is 4.96. The van der Waals surface area contributed by atoms with E-state index in [-0.39, 0.29) is 43.5 Å².